The summed E-state index contributed by atoms with van der Waals surface area (Å²) in [6.45, 7) is 3.25. The highest BCUT2D eigenvalue weighted by Crippen LogP contribution is 2.05. The molecule has 0 bridgehead atoms. The lowest BCUT2D eigenvalue weighted by atomic mass is 10.1. The first-order chi connectivity index (χ1) is 9.00. The number of Topliss-reactive ketones (excluding diaryl/α,β-unsaturated/α-hetero) is 1. The van der Waals surface area contributed by atoms with Crippen molar-refractivity contribution >= 4 is 5.78 Å². The van der Waals surface area contributed by atoms with E-state index in [2.05, 4.69) is 9.97 Å². The fourth-order valence-corrected chi connectivity index (χ4v) is 1.76. The summed E-state index contributed by atoms with van der Waals surface area (Å²) in [6.07, 6.45) is 4.41. The zero-order valence-electron chi connectivity index (χ0n) is 10.6. The summed E-state index contributed by atoms with van der Waals surface area (Å²) in [5.74, 6) is -0.374. The highest BCUT2D eigenvalue weighted by Gasteiger charge is 2.11. The summed E-state index contributed by atoms with van der Waals surface area (Å²) in [5, 5.41) is 0. The summed E-state index contributed by atoms with van der Waals surface area (Å²) in [5.41, 5.74) is 0.551. The first-order valence-corrected chi connectivity index (χ1v) is 5.73. The SMILES string of the molecule is CC(=O)c1c[nH]c(=O)n(Cc2ccncc2C)c1=O. The number of nitrogens with one attached hydrogen (secondary N) is 1. The summed E-state index contributed by atoms with van der Waals surface area (Å²) in [6, 6.07) is 1.74. The van der Waals surface area contributed by atoms with E-state index in [-0.39, 0.29) is 17.9 Å². The zero-order valence-corrected chi connectivity index (χ0v) is 10.6. The Hall–Kier alpha value is -2.50. The monoisotopic (exact) mass is 259 g/mol. The third kappa shape index (κ3) is 2.52. The van der Waals surface area contributed by atoms with Gasteiger partial charge in [0, 0.05) is 18.6 Å². The van der Waals surface area contributed by atoms with Crippen molar-refractivity contribution in [3.05, 3.63) is 62.2 Å². The van der Waals surface area contributed by atoms with Gasteiger partial charge in [0.1, 0.15) is 0 Å². The van der Waals surface area contributed by atoms with Gasteiger partial charge in [0.25, 0.3) is 5.56 Å². The molecule has 0 saturated heterocycles. The fraction of sp³-hybridized carbons (Fsp3) is 0.231. The van der Waals surface area contributed by atoms with Crippen LogP contribution >= 0.6 is 0 Å². The van der Waals surface area contributed by atoms with Gasteiger partial charge < -0.3 is 4.98 Å². The molecular formula is C13H13N3O3. The molecule has 0 saturated carbocycles. The number of aromatic nitrogens is 3. The van der Waals surface area contributed by atoms with Crippen LogP contribution in [0.2, 0.25) is 0 Å². The molecule has 2 rings (SSSR count). The largest absolute Gasteiger partial charge is 0.328 e. The second-order valence-electron chi connectivity index (χ2n) is 4.26. The molecule has 0 aromatic carbocycles. The average Bonchev–Trinajstić information content (AvgIpc) is 2.36. The molecular weight excluding hydrogens is 246 g/mol. The molecule has 0 aliphatic carbocycles. The topological polar surface area (TPSA) is 84.8 Å². The van der Waals surface area contributed by atoms with Crippen molar-refractivity contribution in [3.8, 4) is 0 Å². The number of nitrogens with zero attached hydrogens (tertiary/aromatic N) is 2. The van der Waals surface area contributed by atoms with E-state index in [0.717, 1.165) is 21.9 Å². The number of pyridine rings is 1. The Balaban J connectivity index is 2.55. The number of carbonyl (C=O) groups is 1. The molecule has 0 amide bonds. The Bertz CT molecular complexity index is 743. The van der Waals surface area contributed by atoms with Crippen LogP contribution in [0.1, 0.15) is 28.4 Å². The summed E-state index contributed by atoms with van der Waals surface area (Å²) in [7, 11) is 0. The maximum absolute atomic E-state index is 12.1. The summed E-state index contributed by atoms with van der Waals surface area (Å²) < 4.78 is 1.01. The van der Waals surface area contributed by atoms with E-state index in [1.165, 1.54) is 6.92 Å². The second kappa shape index (κ2) is 5.01. The maximum atomic E-state index is 12.1. The van der Waals surface area contributed by atoms with E-state index in [4.69, 9.17) is 0 Å². The van der Waals surface area contributed by atoms with E-state index in [9.17, 15) is 14.4 Å². The quantitative estimate of drug-likeness (QED) is 0.813. The van der Waals surface area contributed by atoms with Crippen molar-refractivity contribution < 1.29 is 4.79 Å². The molecule has 0 fully saturated rings. The van der Waals surface area contributed by atoms with E-state index >= 15 is 0 Å². The predicted octanol–water partition coefficient (Wildman–Crippen LogP) is 0.491. The van der Waals surface area contributed by atoms with Crippen LogP contribution in [0.15, 0.2) is 34.2 Å². The normalized spacial score (nSPS) is 10.4. The first kappa shape index (κ1) is 12.9. The van der Waals surface area contributed by atoms with Crippen molar-refractivity contribution in [2.75, 3.05) is 0 Å². The van der Waals surface area contributed by atoms with Crippen LogP contribution in [0.5, 0.6) is 0 Å². The van der Waals surface area contributed by atoms with Gasteiger partial charge in [-0.05, 0) is 31.0 Å². The minimum Gasteiger partial charge on any atom is -0.313 e. The lowest BCUT2D eigenvalue weighted by Crippen LogP contribution is -2.38. The molecule has 2 aromatic rings. The molecule has 0 aliphatic rings. The lowest BCUT2D eigenvalue weighted by molar-refractivity contribution is 0.101. The molecule has 6 nitrogen and oxygen atoms in total. The molecule has 0 spiro atoms. The predicted molar refractivity (Wildman–Crippen MR) is 69.4 cm³/mol. The molecule has 19 heavy (non-hydrogen) atoms. The van der Waals surface area contributed by atoms with Crippen LogP contribution in [0.4, 0.5) is 0 Å². The molecule has 2 heterocycles. The maximum Gasteiger partial charge on any atom is 0.328 e. The molecule has 0 unspecified atom stereocenters. The number of hydrogen-bond acceptors (Lipinski definition) is 4. The van der Waals surface area contributed by atoms with Crippen LogP contribution in [0.25, 0.3) is 0 Å². The molecule has 0 aliphatic heterocycles. The van der Waals surface area contributed by atoms with Gasteiger partial charge in [0.05, 0.1) is 12.1 Å². The Morgan fingerprint density at radius 2 is 2.16 bits per heavy atom. The van der Waals surface area contributed by atoms with Crippen LogP contribution in [0, 0.1) is 6.92 Å². The number of aromatic amines is 1. The van der Waals surface area contributed by atoms with Crippen LogP contribution in [-0.4, -0.2) is 20.3 Å². The van der Waals surface area contributed by atoms with E-state index < -0.39 is 11.2 Å². The number of ketones is 1. The van der Waals surface area contributed by atoms with Gasteiger partial charge in [0.2, 0.25) is 0 Å². The number of rotatable bonds is 3. The lowest BCUT2D eigenvalue weighted by Gasteiger charge is -2.07. The van der Waals surface area contributed by atoms with Gasteiger partial charge in [-0.1, -0.05) is 0 Å². The third-order valence-corrected chi connectivity index (χ3v) is 2.90. The van der Waals surface area contributed by atoms with Crippen molar-refractivity contribution in [1.29, 1.82) is 0 Å². The van der Waals surface area contributed by atoms with Gasteiger partial charge in [-0.25, -0.2) is 4.79 Å². The van der Waals surface area contributed by atoms with Crippen LogP contribution < -0.4 is 11.2 Å². The van der Waals surface area contributed by atoms with Crippen LogP contribution in [-0.2, 0) is 6.54 Å². The molecule has 0 atom stereocenters. The van der Waals surface area contributed by atoms with E-state index in [0.29, 0.717) is 0 Å². The second-order valence-corrected chi connectivity index (χ2v) is 4.26. The Morgan fingerprint density at radius 1 is 1.42 bits per heavy atom. The smallest absolute Gasteiger partial charge is 0.313 e. The Kier molecular flexibility index (Phi) is 3.41. The van der Waals surface area contributed by atoms with Crippen molar-refractivity contribution in [2.24, 2.45) is 0 Å². The highest BCUT2D eigenvalue weighted by atomic mass is 16.2. The summed E-state index contributed by atoms with van der Waals surface area (Å²) in [4.78, 5) is 41.4. The first-order valence-electron chi connectivity index (χ1n) is 5.73. The summed E-state index contributed by atoms with van der Waals surface area (Å²) >= 11 is 0. The molecule has 6 heteroatoms. The van der Waals surface area contributed by atoms with Crippen molar-refractivity contribution in [3.63, 3.8) is 0 Å². The molecule has 2 aromatic heterocycles. The average molecular weight is 259 g/mol. The number of H-pyrrole nitrogens is 1. The van der Waals surface area contributed by atoms with Gasteiger partial charge >= 0.3 is 5.69 Å². The van der Waals surface area contributed by atoms with Crippen molar-refractivity contribution in [1.82, 2.24) is 14.5 Å². The third-order valence-electron chi connectivity index (χ3n) is 2.90. The van der Waals surface area contributed by atoms with Gasteiger partial charge in [0.15, 0.2) is 5.78 Å². The molecule has 0 radical (unpaired) electrons. The van der Waals surface area contributed by atoms with Crippen molar-refractivity contribution in [2.45, 2.75) is 20.4 Å². The van der Waals surface area contributed by atoms with Gasteiger partial charge in [-0.15, -0.1) is 0 Å². The Morgan fingerprint density at radius 3 is 2.79 bits per heavy atom. The zero-order chi connectivity index (χ0) is 14.0. The number of hydrogen-bond donors (Lipinski definition) is 1. The Labute approximate surface area is 108 Å². The van der Waals surface area contributed by atoms with Gasteiger partial charge in [-0.3, -0.25) is 19.1 Å². The molecule has 1 N–H and O–H groups in total. The van der Waals surface area contributed by atoms with Gasteiger partial charge in [-0.2, -0.15) is 0 Å². The van der Waals surface area contributed by atoms with E-state index in [1.807, 2.05) is 6.92 Å². The number of carbonyl (C=O) groups excluding carboxylic acids is 1. The standard InChI is InChI=1S/C13H13N3O3/c1-8-5-14-4-3-10(8)7-16-12(18)11(9(2)17)6-15-13(16)19/h3-6H,7H2,1-2H3,(H,15,19). The highest BCUT2D eigenvalue weighted by molar-refractivity contribution is 5.93. The minimum atomic E-state index is -0.576. The number of aryl methyl sites for hydroxylation is 1. The van der Waals surface area contributed by atoms with Crippen LogP contribution in [0.3, 0.4) is 0 Å². The van der Waals surface area contributed by atoms with E-state index in [1.54, 1.807) is 18.5 Å². The fourth-order valence-electron chi connectivity index (χ4n) is 1.76. The minimum absolute atomic E-state index is 0.0219. The molecule has 98 valence electrons.